The van der Waals surface area contributed by atoms with Crippen molar-refractivity contribution in [1.29, 1.82) is 5.26 Å². The number of aromatic nitrogens is 1. The van der Waals surface area contributed by atoms with Gasteiger partial charge >= 0.3 is 0 Å². The van der Waals surface area contributed by atoms with Crippen molar-refractivity contribution in [3.8, 4) is 6.07 Å². The van der Waals surface area contributed by atoms with E-state index in [9.17, 15) is 10.1 Å². The fourth-order valence-electron chi connectivity index (χ4n) is 3.31. The van der Waals surface area contributed by atoms with Crippen LogP contribution in [0, 0.1) is 11.3 Å². The van der Waals surface area contributed by atoms with Crippen LogP contribution in [0.4, 0.5) is 0 Å². The van der Waals surface area contributed by atoms with Crippen molar-refractivity contribution in [2.45, 2.75) is 38.6 Å². The molecule has 0 spiro atoms. The summed E-state index contributed by atoms with van der Waals surface area (Å²) in [6.45, 7) is 2.09. The summed E-state index contributed by atoms with van der Waals surface area (Å²) in [5.74, 6) is -0.323. The third kappa shape index (κ3) is 3.94. The molecule has 132 valence electrons. The molecule has 0 saturated carbocycles. The van der Waals surface area contributed by atoms with Crippen LogP contribution in [0.2, 0.25) is 0 Å². The van der Waals surface area contributed by atoms with Gasteiger partial charge in [0, 0.05) is 11.9 Å². The Kier molecular flexibility index (Phi) is 5.70. The first kappa shape index (κ1) is 17.8. The van der Waals surface area contributed by atoms with E-state index >= 15 is 0 Å². The lowest BCUT2D eigenvalue weighted by atomic mass is 9.98. The summed E-state index contributed by atoms with van der Waals surface area (Å²) in [6.07, 6.45) is 11.4. The minimum Gasteiger partial charge on any atom is -0.361 e. The first-order valence-electron chi connectivity index (χ1n) is 9.07. The number of nitrogens with one attached hydrogen (secondary N) is 2. The minimum absolute atomic E-state index is 0.0893. The van der Waals surface area contributed by atoms with Gasteiger partial charge < -0.3 is 10.3 Å². The fourth-order valence-corrected chi connectivity index (χ4v) is 3.31. The second-order valence-corrected chi connectivity index (χ2v) is 6.47. The van der Waals surface area contributed by atoms with Crippen LogP contribution in [0.3, 0.4) is 0 Å². The quantitative estimate of drug-likeness (QED) is 0.596. The predicted molar refractivity (Wildman–Crippen MR) is 104 cm³/mol. The maximum absolute atomic E-state index is 12.7. The number of allylic oxidation sites excluding steroid dienone is 1. The number of H-pyrrole nitrogens is 1. The lowest BCUT2D eigenvalue weighted by molar-refractivity contribution is -0.117. The maximum atomic E-state index is 12.7. The lowest BCUT2D eigenvalue weighted by Crippen LogP contribution is -2.29. The standard InChI is InChI=1S/C22H23N3O/c1-2-8-20(16-9-4-3-5-10-16)25-22(26)17(14-23)13-18-15-24-21-12-7-6-11-19(18)21/h3-5,7,9-10,12-13,15,20,24H,2,6,8,11H2,1H3,(H,25,26)/b17-13+/t20-/m0/s1. The van der Waals surface area contributed by atoms with Gasteiger partial charge in [0.05, 0.1) is 6.04 Å². The second kappa shape index (κ2) is 8.35. The summed E-state index contributed by atoms with van der Waals surface area (Å²) >= 11 is 0. The van der Waals surface area contributed by atoms with E-state index in [0.717, 1.165) is 42.5 Å². The van der Waals surface area contributed by atoms with Crippen LogP contribution >= 0.6 is 0 Å². The average molecular weight is 345 g/mol. The van der Waals surface area contributed by atoms with Crippen LogP contribution < -0.4 is 5.32 Å². The van der Waals surface area contributed by atoms with Gasteiger partial charge in [0.15, 0.2) is 0 Å². The molecular weight excluding hydrogens is 322 g/mol. The minimum atomic E-state index is -0.323. The summed E-state index contributed by atoms with van der Waals surface area (Å²) in [5, 5.41) is 12.5. The van der Waals surface area contributed by atoms with Crippen LogP contribution in [0.1, 0.15) is 54.6 Å². The normalized spacial score (nSPS) is 14.4. The molecule has 0 unspecified atom stereocenters. The molecule has 2 N–H and O–H groups in total. The topological polar surface area (TPSA) is 68.7 Å². The van der Waals surface area contributed by atoms with Gasteiger partial charge in [0.1, 0.15) is 11.6 Å². The van der Waals surface area contributed by atoms with Crippen molar-refractivity contribution in [3.63, 3.8) is 0 Å². The van der Waals surface area contributed by atoms with Crippen molar-refractivity contribution >= 4 is 18.1 Å². The monoisotopic (exact) mass is 345 g/mol. The average Bonchev–Trinajstić information content (AvgIpc) is 3.09. The third-order valence-electron chi connectivity index (χ3n) is 4.65. The molecule has 0 aliphatic heterocycles. The predicted octanol–water partition coefficient (Wildman–Crippen LogP) is 4.54. The number of fused-ring (bicyclic) bond motifs is 1. The van der Waals surface area contributed by atoms with Crippen molar-refractivity contribution in [1.82, 2.24) is 10.3 Å². The number of nitrogens with zero attached hydrogens (tertiary/aromatic N) is 1. The first-order chi connectivity index (χ1) is 12.7. The molecule has 2 aromatic rings. The van der Waals surface area contributed by atoms with Gasteiger partial charge in [-0.1, -0.05) is 49.8 Å². The zero-order chi connectivity index (χ0) is 18.4. The number of carbonyl (C=O) groups is 1. The number of hydrogen-bond acceptors (Lipinski definition) is 2. The highest BCUT2D eigenvalue weighted by Gasteiger charge is 2.18. The van der Waals surface area contributed by atoms with Gasteiger partial charge in [-0.15, -0.1) is 0 Å². The number of hydrogen-bond donors (Lipinski definition) is 2. The first-order valence-corrected chi connectivity index (χ1v) is 9.07. The highest BCUT2D eigenvalue weighted by atomic mass is 16.1. The molecule has 0 saturated heterocycles. The van der Waals surface area contributed by atoms with E-state index in [2.05, 4.69) is 35.4 Å². The number of rotatable bonds is 6. The molecule has 1 aliphatic carbocycles. The Morgan fingerprint density at radius 2 is 2.19 bits per heavy atom. The van der Waals surface area contributed by atoms with E-state index in [4.69, 9.17) is 0 Å². The summed E-state index contributed by atoms with van der Waals surface area (Å²) in [6, 6.07) is 11.9. The van der Waals surface area contributed by atoms with Gasteiger partial charge in [0.25, 0.3) is 5.91 Å². The Bertz CT molecular complexity index is 869. The van der Waals surface area contributed by atoms with E-state index < -0.39 is 0 Å². The SMILES string of the molecule is CCC[C@H](NC(=O)/C(C#N)=C/c1c[nH]c2c1CCC=C2)c1ccccc1. The molecule has 0 bridgehead atoms. The molecule has 3 rings (SSSR count). The van der Waals surface area contributed by atoms with Crippen LogP contribution in [0.15, 0.2) is 48.2 Å². The third-order valence-corrected chi connectivity index (χ3v) is 4.65. The van der Waals surface area contributed by atoms with E-state index in [1.807, 2.05) is 36.5 Å². The lowest BCUT2D eigenvalue weighted by Gasteiger charge is -2.18. The summed E-state index contributed by atoms with van der Waals surface area (Å²) in [5.41, 5.74) is 4.35. The van der Waals surface area contributed by atoms with Gasteiger partial charge in [-0.25, -0.2) is 0 Å². The molecule has 1 amide bonds. The summed E-state index contributed by atoms with van der Waals surface area (Å²) in [7, 11) is 0. The Hall–Kier alpha value is -3.06. The van der Waals surface area contributed by atoms with Crippen LogP contribution in [0.25, 0.3) is 12.2 Å². The number of aromatic amines is 1. The molecule has 0 fully saturated rings. The van der Waals surface area contributed by atoms with Gasteiger partial charge in [-0.3, -0.25) is 4.79 Å². The van der Waals surface area contributed by atoms with Crippen molar-refractivity contribution in [3.05, 3.63) is 70.6 Å². The molecule has 0 radical (unpaired) electrons. The zero-order valence-corrected chi connectivity index (χ0v) is 15.0. The van der Waals surface area contributed by atoms with Crippen LogP contribution in [0.5, 0.6) is 0 Å². The summed E-state index contributed by atoms with van der Waals surface area (Å²) in [4.78, 5) is 15.9. The molecular formula is C22H23N3O. The highest BCUT2D eigenvalue weighted by Crippen LogP contribution is 2.24. The number of amides is 1. The Morgan fingerprint density at radius 1 is 1.38 bits per heavy atom. The van der Waals surface area contributed by atoms with Gasteiger partial charge in [0.2, 0.25) is 0 Å². The Balaban J connectivity index is 1.81. The second-order valence-electron chi connectivity index (χ2n) is 6.47. The van der Waals surface area contributed by atoms with E-state index in [0.29, 0.717) is 0 Å². The van der Waals surface area contributed by atoms with Gasteiger partial charge in [-0.05, 0) is 48.1 Å². The van der Waals surface area contributed by atoms with Crippen molar-refractivity contribution in [2.24, 2.45) is 0 Å². The smallest absolute Gasteiger partial charge is 0.262 e. The molecule has 4 heteroatoms. The van der Waals surface area contributed by atoms with E-state index in [1.165, 1.54) is 5.56 Å². The molecule has 4 nitrogen and oxygen atoms in total. The van der Waals surface area contributed by atoms with Crippen LogP contribution in [-0.2, 0) is 11.2 Å². The Labute approximate surface area is 154 Å². The van der Waals surface area contributed by atoms with Gasteiger partial charge in [-0.2, -0.15) is 5.26 Å². The highest BCUT2D eigenvalue weighted by molar-refractivity contribution is 6.02. The van der Waals surface area contributed by atoms with Crippen molar-refractivity contribution in [2.75, 3.05) is 0 Å². The van der Waals surface area contributed by atoms with E-state index in [-0.39, 0.29) is 17.5 Å². The number of benzene rings is 1. The van der Waals surface area contributed by atoms with Crippen molar-refractivity contribution < 1.29 is 4.79 Å². The molecule has 26 heavy (non-hydrogen) atoms. The zero-order valence-electron chi connectivity index (χ0n) is 15.0. The molecule has 1 atom stereocenters. The molecule has 1 aromatic carbocycles. The largest absolute Gasteiger partial charge is 0.361 e. The van der Waals surface area contributed by atoms with Crippen LogP contribution in [-0.4, -0.2) is 10.9 Å². The number of carbonyl (C=O) groups excluding carboxylic acids is 1. The van der Waals surface area contributed by atoms with E-state index in [1.54, 1.807) is 6.08 Å². The number of nitriles is 1. The molecule has 1 heterocycles. The summed E-state index contributed by atoms with van der Waals surface area (Å²) < 4.78 is 0. The maximum Gasteiger partial charge on any atom is 0.262 e. The molecule has 1 aliphatic rings. The Morgan fingerprint density at radius 3 is 2.92 bits per heavy atom. The fraction of sp³-hybridized carbons (Fsp3) is 0.273. The molecule has 1 aromatic heterocycles.